The first-order valence-corrected chi connectivity index (χ1v) is 22.9. The summed E-state index contributed by atoms with van der Waals surface area (Å²) in [7, 11) is 0. The van der Waals surface area contributed by atoms with Gasteiger partial charge in [-0.1, -0.05) is 153 Å². The fourth-order valence-electron chi connectivity index (χ4n) is 10.9. The van der Waals surface area contributed by atoms with Gasteiger partial charge in [0, 0.05) is 61.1 Å². The molecule has 4 aromatic heterocycles. The Balaban J connectivity index is 1.03. The average molecular weight is 840 g/mol. The molecule has 312 valence electrons. The zero-order chi connectivity index (χ0) is 43.2. The van der Waals surface area contributed by atoms with Gasteiger partial charge in [-0.25, -0.2) is 4.98 Å². The van der Waals surface area contributed by atoms with E-state index in [9.17, 15) is 0 Å². The van der Waals surface area contributed by atoms with Crippen LogP contribution in [0.2, 0.25) is 0 Å². The molecule has 0 radical (unpaired) electrons. The van der Waals surface area contributed by atoms with Crippen LogP contribution in [0.5, 0.6) is 0 Å². The first-order valence-electron chi connectivity index (χ1n) is 22.9. The van der Waals surface area contributed by atoms with E-state index in [1.54, 1.807) is 0 Å². The molecule has 10 aromatic rings. The highest BCUT2D eigenvalue weighted by Gasteiger charge is 2.33. The Labute approximate surface area is 377 Å². The zero-order valence-electron chi connectivity index (χ0n) is 36.3. The summed E-state index contributed by atoms with van der Waals surface area (Å²) >= 11 is 0. The Morgan fingerprint density at radius 1 is 0.646 bits per heavy atom. The quantitative estimate of drug-likeness (QED) is 0.167. The summed E-state index contributed by atoms with van der Waals surface area (Å²) in [6, 6.07) is 49.6. The van der Waals surface area contributed by atoms with Crippen molar-refractivity contribution in [2.75, 3.05) is 0 Å². The van der Waals surface area contributed by atoms with Gasteiger partial charge in [0.15, 0.2) is 17.2 Å². The number of hydrogen-bond donors (Lipinski definition) is 0. The fraction of sp³-hybridized carbons (Fsp3) is 0.136. The molecule has 0 aliphatic heterocycles. The minimum absolute atomic E-state index is 0.157. The normalized spacial score (nSPS) is 17.9. The van der Waals surface area contributed by atoms with Crippen molar-refractivity contribution < 1.29 is 4.42 Å². The lowest BCUT2D eigenvalue weighted by atomic mass is 9.75. The van der Waals surface area contributed by atoms with Crippen molar-refractivity contribution in [2.24, 2.45) is 11.8 Å². The van der Waals surface area contributed by atoms with Gasteiger partial charge in [-0.05, 0) is 90.3 Å². The predicted octanol–water partition coefficient (Wildman–Crippen LogP) is 14.5. The molecule has 0 saturated carbocycles. The summed E-state index contributed by atoms with van der Waals surface area (Å²) in [5.41, 5.74) is 14.9. The van der Waals surface area contributed by atoms with Crippen molar-refractivity contribution in [3.05, 3.63) is 204 Å². The Hall–Kier alpha value is -7.83. The van der Waals surface area contributed by atoms with Crippen LogP contribution in [-0.2, 0) is 12.8 Å². The van der Waals surface area contributed by atoms with E-state index in [0.29, 0.717) is 23.5 Å². The lowest BCUT2D eigenvalue weighted by molar-refractivity contribution is 0.585. The molecule has 0 saturated heterocycles. The number of furan rings is 1. The van der Waals surface area contributed by atoms with E-state index in [-0.39, 0.29) is 11.8 Å². The highest BCUT2D eigenvalue weighted by molar-refractivity contribution is 6.14. The van der Waals surface area contributed by atoms with E-state index in [1.165, 1.54) is 66.4 Å². The number of allylic oxidation sites excluding steroid dienone is 6. The second-order valence-corrected chi connectivity index (χ2v) is 17.9. The van der Waals surface area contributed by atoms with E-state index >= 15 is 0 Å². The molecular weight excluding hydrogens is 795 g/mol. The van der Waals surface area contributed by atoms with Crippen molar-refractivity contribution in [3.63, 3.8) is 0 Å². The lowest BCUT2D eigenvalue weighted by Gasteiger charge is -2.28. The molecule has 0 fully saturated rings. The SMILES string of the molecule is CC1C=Cc2oc3c(cc(C4=CC=CC(c5ccc6c(c5)c5ccccc5n6-c5ccccc5)C4C)c4c5c(n(-c6nc(-c7ccccc7)nc(-c7ccccc7)n6)c43)CCC=C5)c2C1. The molecule has 0 amide bonds. The molecule has 3 atom stereocenters. The van der Waals surface area contributed by atoms with Gasteiger partial charge in [-0.2, -0.15) is 9.97 Å². The van der Waals surface area contributed by atoms with E-state index in [2.05, 4.69) is 169 Å². The maximum Gasteiger partial charge on any atom is 0.238 e. The number of fused-ring (bicyclic) bond motifs is 10. The highest BCUT2D eigenvalue weighted by Crippen LogP contribution is 2.49. The Morgan fingerprint density at radius 2 is 1.35 bits per heavy atom. The molecule has 0 bridgehead atoms. The number of para-hydroxylation sites is 2. The summed E-state index contributed by atoms with van der Waals surface area (Å²) in [6.07, 6.45) is 18.8. The van der Waals surface area contributed by atoms with E-state index < -0.39 is 0 Å². The number of aromatic nitrogens is 5. The molecule has 3 aliphatic carbocycles. The van der Waals surface area contributed by atoms with Gasteiger partial charge in [0.2, 0.25) is 5.95 Å². The van der Waals surface area contributed by atoms with Crippen molar-refractivity contribution >= 4 is 61.4 Å². The third-order valence-electron chi connectivity index (χ3n) is 14.0. The minimum Gasteiger partial charge on any atom is -0.454 e. The maximum absolute atomic E-state index is 7.05. The summed E-state index contributed by atoms with van der Waals surface area (Å²) in [5, 5.41) is 4.88. The molecule has 3 unspecified atom stereocenters. The van der Waals surface area contributed by atoms with E-state index in [1.807, 2.05) is 36.4 Å². The van der Waals surface area contributed by atoms with Crippen molar-refractivity contribution in [1.29, 1.82) is 0 Å². The van der Waals surface area contributed by atoms with Crippen LogP contribution in [0, 0.1) is 11.8 Å². The largest absolute Gasteiger partial charge is 0.454 e. The van der Waals surface area contributed by atoms with Gasteiger partial charge in [0.05, 0.1) is 11.0 Å². The molecule has 3 aliphatic rings. The molecule has 65 heavy (non-hydrogen) atoms. The number of hydrogen-bond acceptors (Lipinski definition) is 4. The third kappa shape index (κ3) is 5.97. The Kier molecular flexibility index (Phi) is 8.63. The molecular formula is C59H45N5O. The smallest absolute Gasteiger partial charge is 0.238 e. The van der Waals surface area contributed by atoms with Crippen LogP contribution < -0.4 is 0 Å². The Bertz CT molecular complexity index is 3600. The van der Waals surface area contributed by atoms with Crippen LogP contribution in [0.1, 0.15) is 59.9 Å². The predicted molar refractivity (Wildman–Crippen MR) is 266 cm³/mol. The summed E-state index contributed by atoms with van der Waals surface area (Å²) in [6.45, 7) is 4.70. The molecule has 6 aromatic carbocycles. The van der Waals surface area contributed by atoms with Gasteiger partial charge < -0.3 is 8.98 Å². The van der Waals surface area contributed by atoms with Crippen molar-refractivity contribution in [1.82, 2.24) is 24.1 Å². The molecule has 6 heteroatoms. The van der Waals surface area contributed by atoms with E-state index in [0.717, 1.165) is 52.6 Å². The lowest BCUT2D eigenvalue weighted by Crippen LogP contribution is -2.13. The highest BCUT2D eigenvalue weighted by atomic mass is 16.3. The fourth-order valence-corrected chi connectivity index (χ4v) is 10.9. The second-order valence-electron chi connectivity index (χ2n) is 17.9. The van der Waals surface area contributed by atoms with Gasteiger partial charge in [0.25, 0.3) is 0 Å². The first-order chi connectivity index (χ1) is 32.1. The van der Waals surface area contributed by atoms with Crippen LogP contribution in [0.25, 0.3) is 95.8 Å². The summed E-state index contributed by atoms with van der Waals surface area (Å²) in [5.74, 6) is 3.54. The van der Waals surface area contributed by atoms with Crippen LogP contribution >= 0.6 is 0 Å². The van der Waals surface area contributed by atoms with Crippen molar-refractivity contribution in [2.45, 2.75) is 39.0 Å². The molecule has 13 rings (SSSR count). The maximum atomic E-state index is 7.05. The third-order valence-corrected chi connectivity index (χ3v) is 14.0. The van der Waals surface area contributed by atoms with Gasteiger partial charge in [-0.3, -0.25) is 4.57 Å². The molecule has 0 spiro atoms. The van der Waals surface area contributed by atoms with E-state index in [4.69, 9.17) is 19.4 Å². The van der Waals surface area contributed by atoms with Crippen molar-refractivity contribution in [3.8, 4) is 34.4 Å². The first kappa shape index (κ1) is 37.7. The summed E-state index contributed by atoms with van der Waals surface area (Å²) in [4.78, 5) is 15.8. The number of nitrogens with zero attached hydrogens (tertiary/aromatic N) is 5. The standard InChI is InChI=1S/C59H45N5O/c1-36-29-32-53-47(33-36)49-35-48(43-26-16-25-42(37(43)2)40-30-31-52-46(34-40)44-23-12-14-27-50(44)63(52)41-21-10-5-11-22-41)54-45-24-13-15-28-51(45)64(55(54)56(49)65-53)59-61-57(38-17-6-3-7-18-38)60-58(62-59)39-19-8-4-9-20-39/h3-14,16-27,29-32,34-37,42H,15,28,33H2,1-2H3. The summed E-state index contributed by atoms with van der Waals surface area (Å²) < 4.78 is 11.8. The zero-order valence-corrected chi connectivity index (χ0v) is 36.3. The number of rotatable bonds is 6. The molecule has 6 nitrogen and oxygen atoms in total. The molecule has 4 heterocycles. The average Bonchev–Trinajstić information content (AvgIpc) is 4.02. The van der Waals surface area contributed by atoms with Crippen LogP contribution in [0.3, 0.4) is 0 Å². The number of benzene rings is 6. The minimum atomic E-state index is 0.157. The van der Waals surface area contributed by atoms with Gasteiger partial charge in [0.1, 0.15) is 11.3 Å². The van der Waals surface area contributed by atoms with Crippen LogP contribution in [0.15, 0.2) is 174 Å². The van der Waals surface area contributed by atoms with Gasteiger partial charge >= 0.3 is 0 Å². The monoisotopic (exact) mass is 839 g/mol. The second kappa shape index (κ2) is 14.9. The van der Waals surface area contributed by atoms with Crippen LogP contribution in [0.4, 0.5) is 0 Å². The van der Waals surface area contributed by atoms with Gasteiger partial charge in [-0.15, -0.1) is 0 Å². The topological polar surface area (TPSA) is 61.7 Å². The Morgan fingerprint density at radius 3 is 2.12 bits per heavy atom. The van der Waals surface area contributed by atoms with Crippen LogP contribution in [-0.4, -0.2) is 24.1 Å². The molecule has 0 N–H and O–H groups in total.